The maximum absolute atomic E-state index is 13.1. The zero-order valence-corrected chi connectivity index (χ0v) is 15.9. The van der Waals surface area contributed by atoms with Crippen molar-refractivity contribution in [3.05, 3.63) is 72.1 Å². The van der Waals surface area contributed by atoms with Crippen LogP contribution in [0, 0.1) is 0 Å². The van der Waals surface area contributed by atoms with Crippen LogP contribution in [0.15, 0.2) is 60.8 Å². The number of hydrogen-bond donors (Lipinski definition) is 0. The van der Waals surface area contributed by atoms with Crippen LogP contribution < -0.4 is 9.47 Å². The topological polar surface area (TPSA) is 56.6 Å². The van der Waals surface area contributed by atoms with E-state index in [4.69, 9.17) is 9.47 Å². The number of carbonyl (C=O) groups is 1. The van der Waals surface area contributed by atoms with Crippen LogP contribution in [0.4, 0.5) is 0 Å². The zero-order valence-electron chi connectivity index (χ0n) is 15.9. The first kappa shape index (κ1) is 18.5. The Morgan fingerprint density at radius 3 is 2.30 bits per heavy atom. The van der Waals surface area contributed by atoms with Gasteiger partial charge in [0.25, 0.3) is 5.91 Å². The highest BCUT2D eigenvalue weighted by Crippen LogP contribution is 2.26. The van der Waals surface area contributed by atoms with Gasteiger partial charge in [-0.2, -0.15) is 5.10 Å². The van der Waals surface area contributed by atoms with Gasteiger partial charge in [0.05, 0.1) is 32.1 Å². The lowest BCUT2D eigenvalue weighted by atomic mass is 10.1. The molecule has 0 radical (unpaired) electrons. The average Bonchev–Trinajstić information content (AvgIpc) is 3.17. The molecular formula is C21H23N3O3. The molecule has 2 aromatic carbocycles. The van der Waals surface area contributed by atoms with Crippen molar-refractivity contribution >= 4 is 5.91 Å². The highest BCUT2D eigenvalue weighted by molar-refractivity contribution is 5.95. The second-order valence-corrected chi connectivity index (χ2v) is 6.19. The van der Waals surface area contributed by atoms with E-state index in [1.807, 2.05) is 61.5 Å². The molecule has 0 fully saturated rings. The summed E-state index contributed by atoms with van der Waals surface area (Å²) in [5.41, 5.74) is 2.15. The van der Waals surface area contributed by atoms with Gasteiger partial charge in [-0.1, -0.05) is 30.3 Å². The second kappa shape index (κ2) is 7.95. The highest BCUT2D eigenvalue weighted by atomic mass is 16.5. The Bertz CT molecular complexity index is 904. The third-order valence-corrected chi connectivity index (χ3v) is 4.62. The molecule has 3 rings (SSSR count). The van der Waals surface area contributed by atoms with E-state index < -0.39 is 0 Å². The van der Waals surface area contributed by atoms with Gasteiger partial charge in [0, 0.05) is 7.05 Å². The number of carbonyl (C=O) groups excluding carboxylic acids is 1. The zero-order chi connectivity index (χ0) is 19.4. The fraction of sp³-hybridized carbons (Fsp3) is 0.238. The number of benzene rings is 2. The molecule has 6 nitrogen and oxygen atoms in total. The number of aromatic nitrogens is 2. The van der Waals surface area contributed by atoms with E-state index in [1.165, 1.54) is 7.11 Å². The number of rotatable bonds is 6. The molecule has 0 aliphatic carbocycles. The molecule has 1 heterocycles. The van der Waals surface area contributed by atoms with Crippen molar-refractivity contribution in [1.29, 1.82) is 0 Å². The van der Waals surface area contributed by atoms with E-state index in [9.17, 15) is 4.79 Å². The Balaban J connectivity index is 1.86. The van der Waals surface area contributed by atoms with E-state index >= 15 is 0 Å². The Labute approximate surface area is 158 Å². The number of hydrogen-bond acceptors (Lipinski definition) is 4. The Morgan fingerprint density at radius 2 is 1.70 bits per heavy atom. The molecule has 3 aromatic rings. The van der Waals surface area contributed by atoms with Crippen LogP contribution in [0.2, 0.25) is 0 Å². The number of amides is 1. The van der Waals surface area contributed by atoms with E-state index in [2.05, 4.69) is 5.10 Å². The largest absolute Gasteiger partial charge is 0.497 e. The molecular weight excluding hydrogens is 342 g/mol. The summed E-state index contributed by atoms with van der Waals surface area (Å²) in [7, 11) is 4.93. The average molecular weight is 365 g/mol. The van der Waals surface area contributed by atoms with Crippen LogP contribution in [-0.2, 0) is 0 Å². The van der Waals surface area contributed by atoms with E-state index in [0.29, 0.717) is 5.75 Å². The number of ether oxygens (including phenoxy) is 2. The van der Waals surface area contributed by atoms with E-state index in [-0.39, 0.29) is 17.6 Å². The molecule has 0 saturated carbocycles. The van der Waals surface area contributed by atoms with Crippen LogP contribution in [0.3, 0.4) is 0 Å². The number of para-hydroxylation sites is 1. The van der Waals surface area contributed by atoms with Crippen molar-refractivity contribution in [3.8, 4) is 17.2 Å². The summed E-state index contributed by atoms with van der Waals surface area (Å²) in [6.07, 6.45) is 1.72. The summed E-state index contributed by atoms with van der Waals surface area (Å²) in [5.74, 6) is 1.02. The fourth-order valence-electron chi connectivity index (χ4n) is 2.82. The van der Waals surface area contributed by atoms with Gasteiger partial charge in [0.15, 0.2) is 11.4 Å². The lowest BCUT2D eigenvalue weighted by Crippen LogP contribution is -2.30. The molecule has 0 saturated heterocycles. The summed E-state index contributed by atoms with van der Waals surface area (Å²) in [4.78, 5) is 14.7. The molecule has 0 spiro atoms. The Morgan fingerprint density at radius 1 is 1.04 bits per heavy atom. The van der Waals surface area contributed by atoms with Crippen molar-refractivity contribution in [2.24, 2.45) is 0 Å². The first-order valence-corrected chi connectivity index (χ1v) is 8.65. The number of methoxy groups -OCH3 is 2. The molecule has 27 heavy (non-hydrogen) atoms. The third-order valence-electron chi connectivity index (χ3n) is 4.62. The summed E-state index contributed by atoms with van der Waals surface area (Å²) in [6.45, 7) is 1.97. The maximum atomic E-state index is 13.1. The van der Waals surface area contributed by atoms with Gasteiger partial charge in [-0.15, -0.1) is 0 Å². The molecule has 0 bridgehead atoms. The SMILES string of the molecule is COc1ccc(C(C)N(C)C(=O)c2nn(-c3ccccc3)cc2OC)cc1. The molecule has 1 amide bonds. The molecule has 6 heteroatoms. The predicted molar refractivity (Wildman–Crippen MR) is 104 cm³/mol. The Kier molecular flexibility index (Phi) is 5.45. The molecule has 1 atom stereocenters. The predicted octanol–water partition coefficient (Wildman–Crippen LogP) is 3.72. The minimum Gasteiger partial charge on any atom is -0.497 e. The quantitative estimate of drug-likeness (QED) is 0.668. The smallest absolute Gasteiger partial charge is 0.278 e. The molecule has 0 aliphatic rings. The van der Waals surface area contributed by atoms with Crippen molar-refractivity contribution < 1.29 is 14.3 Å². The van der Waals surface area contributed by atoms with Gasteiger partial charge < -0.3 is 14.4 Å². The van der Waals surface area contributed by atoms with Gasteiger partial charge in [-0.3, -0.25) is 4.79 Å². The second-order valence-electron chi connectivity index (χ2n) is 6.19. The van der Waals surface area contributed by atoms with E-state index in [1.54, 1.807) is 29.9 Å². The van der Waals surface area contributed by atoms with Crippen LogP contribution in [-0.4, -0.2) is 41.9 Å². The van der Waals surface area contributed by atoms with Crippen LogP contribution >= 0.6 is 0 Å². The van der Waals surface area contributed by atoms with Gasteiger partial charge in [-0.25, -0.2) is 4.68 Å². The number of nitrogens with zero attached hydrogens (tertiary/aromatic N) is 3. The summed E-state index contributed by atoms with van der Waals surface area (Å²) in [5, 5.41) is 4.46. The van der Waals surface area contributed by atoms with Crippen LogP contribution in [0.25, 0.3) is 5.69 Å². The van der Waals surface area contributed by atoms with E-state index in [0.717, 1.165) is 17.0 Å². The molecule has 0 N–H and O–H groups in total. The Hall–Kier alpha value is -3.28. The minimum atomic E-state index is -0.204. The molecule has 140 valence electrons. The molecule has 1 unspecified atom stereocenters. The van der Waals surface area contributed by atoms with Gasteiger partial charge in [-0.05, 0) is 36.8 Å². The molecule has 1 aromatic heterocycles. The third kappa shape index (κ3) is 3.79. The van der Waals surface area contributed by atoms with Crippen LogP contribution in [0.1, 0.15) is 29.0 Å². The fourth-order valence-corrected chi connectivity index (χ4v) is 2.82. The molecule has 0 aliphatic heterocycles. The summed E-state index contributed by atoms with van der Waals surface area (Å²) < 4.78 is 12.2. The highest BCUT2D eigenvalue weighted by Gasteiger charge is 2.25. The normalized spacial score (nSPS) is 11.7. The summed E-state index contributed by atoms with van der Waals surface area (Å²) in [6, 6.07) is 17.2. The minimum absolute atomic E-state index is 0.130. The van der Waals surface area contributed by atoms with Crippen molar-refractivity contribution in [2.75, 3.05) is 21.3 Å². The van der Waals surface area contributed by atoms with Crippen molar-refractivity contribution in [3.63, 3.8) is 0 Å². The van der Waals surface area contributed by atoms with Crippen LogP contribution in [0.5, 0.6) is 11.5 Å². The van der Waals surface area contributed by atoms with Gasteiger partial charge >= 0.3 is 0 Å². The lowest BCUT2D eigenvalue weighted by Gasteiger charge is -2.25. The lowest BCUT2D eigenvalue weighted by molar-refractivity contribution is 0.0733. The van der Waals surface area contributed by atoms with Gasteiger partial charge in [0.2, 0.25) is 0 Å². The van der Waals surface area contributed by atoms with Crippen molar-refractivity contribution in [1.82, 2.24) is 14.7 Å². The van der Waals surface area contributed by atoms with Gasteiger partial charge in [0.1, 0.15) is 5.75 Å². The first-order valence-electron chi connectivity index (χ1n) is 8.65. The maximum Gasteiger partial charge on any atom is 0.278 e. The first-order chi connectivity index (χ1) is 13.0. The van der Waals surface area contributed by atoms with Crippen molar-refractivity contribution in [2.45, 2.75) is 13.0 Å². The monoisotopic (exact) mass is 365 g/mol. The summed E-state index contributed by atoms with van der Waals surface area (Å²) >= 11 is 0. The standard InChI is InChI=1S/C21H23N3O3/c1-15(16-10-12-18(26-3)13-11-16)23(2)21(25)20-19(27-4)14-24(22-20)17-8-6-5-7-9-17/h5-15H,1-4H3.